The van der Waals surface area contributed by atoms with Gasteiger partial charge < -0.3 is 8.94 Å². The fourth-order valence-corrected chi connectivity index (χ4v) is 4.16. The summed E-state index contributed by atoms with van der Waals surface area (Å²) in [6, 6.07) is 15.1. The summed E-state index contributed by atoms with van der Waals surface area (Å²) in [6.45, 7) is 0.201. The van der Waals surface area contributed by atoms with Crippen molar-refractivity contribution in [1.29, 1.82) is 0 Å². The van der Waals surface area contributed by atoms with Gasteiger partial charge in [0.05, 0.1) is 35.0 Å². The Hall–Kier alpha value is -3.86. The standard InChI is InChI=1S/C23H15F3N4O3S/c24-23(25,26)15-9-7-14(8-10-15)20-28-19(33-29-20)13-34-22-27-18-6-2-1-5-17(18)21(31)30(22)12-16-4-3-11-32-16/h1-11H,12-13H2. The number of para-hydroxylation sites is 1. The molecule has 3 heterocycles. The van der Waals surface area contributed by atoms with Gasteiger partial charge in [0.2, 0.25) is 11.7 Å². The minimum atomic E-state index is -4.42. The topological polar surface area (TPSA) is 87.0 Å². The summed E-state index contributed by atoms with van der Waals surface area (Å²) in [4.78, 5) is 22.0. The minimum Gasteiger partial charge on any atom is -0.467 e. The number of alkyl halides is 3. The van der Waals surface area contributed by atoms with Crippen LogP contribution < -0.4 is 5.56 Å². The maximum Gasteiger partial charge on any atom is 0.416 e. The van der Waals surface area contributed by atoms with Crippen molar-refractivity contribution in [3.8, 4) is 11.4 Å². The summed E-state index contributed by atoms with van der Waals surface area (Å²) < 4.78 is 50.5. The van der Waals surface area contributed by atoms with E-state index in [0.717, 1.165) is 12.1 Å². The van der Waals surface area contributed by atoms with E-state index in [9.17, 15) is 18.0 Å². The lowest BCUT2D eigenvalue weighted by molar-refractivity contribution is -0.137. The number of benzene rings is 2. The molecule has 11 heteroatoms. The summed E-state index contributed by atoms with van der Waals surface area (Å²) >= 11 is 1.23. The molecule has 0 saturated carbocycles. The fourth-order valence-electron chi connectivity index (χ4n) is 3.32. The molecule has 0 atom stereocenters. The van der Waals surface area contributed by atoms with Crippen LogP contribution in [0.25, 0.3) is 22.3 Å². The molecule has 0 fully saturated rings. The number of hydrogen-bond donors (Lipinski definition) is 0. The van der Waals surface area contributed by atoms with Crippen molar-refractivity contribution < 1.29 is 22.1 Å². The van der Waals surface area contributed by atoms with Crippen molar-refractivity contribution in [3.63, 3.8) is 0 Å². The molecule has 34 heavy (non-hydrogen) atoms. The molecular formula is C23H15F3N4O3S. The Balaban J connectivity index is 1.40. The summed E-state index contributed by atoms with van der Waals surface area (Å²) in [5, 5.41) is 4.78. The highest BCUT2D eigenvalue weighted by atomic mass is 32.2. The molecule has 0 spiro atoms. The monoisotopic (exact) mass is 484 g/mol. The number of halogens is 3. The normalized spacial score (nSPS) is 11.9. The summed E-state index contributed by atoms with van der Waals surface area (Å²) in [6.07, 6.45) is -2.89. The summed E-state index contributed by atoms with van der Waals surface area (Å²) in [7, 11) is 0. The molecule has 0 aliphatic heterocycles. The Morgan fingerprint density at radius 2 is 1.76 bits per heavy atom. The molecule has 0 bridgehead atoms. The zero-order valence-corrected chi connectivity index (χ0v) is 18.1. The molecule has 7 nitrogen and oxygen atoms in total. The van der Waals surface area contributed by atoms with E-state index in [1.54, 1.807) is 36.4 Å². The van der Waals surface area contributed by atoms with Crippen molar-refractivity contribution in [2.75, 3.05) is 0 Å². The molecule has 172 valence electrons. The number of aromatic nitrogens is 4. The van der Waals surface area contributed by atoms with Gasteiger partial charge in [-0.3, -0.25) is 9.36 Å². The molecule has 0 N–H and O–H groups in total. The lowest BCUT2D eigenvalue weighted by Crippen LogP contribution is -2.23. The second-order valence-corrected chi connectivity index (χ2v) is 8.20. The Morgan fingerprint density at radius 1 is 0.971 bits per heavy atom. The van der Waals surface area contributed by atoms with Crippen LogP contribution in [0.4, 0.5) is 13.2 Å². The smallest absolute Gasteiger partial charge is 0.416 e. The van der Waals surface area contributed by atoms with Gasteiger partial charge in [0.25, 0.3) is 5.56 Å². The quantitative estimate of drug-likeness (QED) is 0.236. The van der Waals surface area contributed by atoms with Crippen molar-refractivity contribution in [3.05, 3.63) is 94.5 Å². The molecule has 5 aromatic rings. The largest absolute Gasteiger partial charge is 0.467 e. The Kier molecular flexibility index (Phi) is 5.70. The van der Waals surface area contributed by atoms with Gasteiger partial charge in [-0.1, -0.05) is 41.2 Å². The highest BCUT2D eigenvalue weighted by molar-refractivity contribution is 7.98. The van der Waals surface area contributed by atoms with Crippen LogP contribution >= 0.6 is 11.8 Å². The number of fused-ring (bicyclic) bond motifs is 1. The molecule has 0 unspecified atom stereocenters. The van der Waals surface area contributed by atoms with Crippen molar-refractivity contribution in [1.82, 2.24) is 19.7 Å². The molecule has 0 saturated heterocycles. The second kappa shape index (κ2) is 8.82. The third kappa shape index (κ3) is 4.46. The molecule has 0 amide bonds. The molecular weight excluding hydrogens is 469 g/mol. The van der Waals surface area contributed by atoms with Gasteiger partial charge in [-0.05, 0) is 36.4 Å². The van der Waals surface area contributed by atoms with Gasteiger partial charge in [-0.15, -0.1) is 0 Å². The molecule has 0 aliphatic carbocycles. The first-order chi connectivity index (χ1) is 16.4. The SMILES string of the molecule is O=c1c2ccccc2nc(SCc2nc(-c3ccc(C(F)(F)F)cc3)no2)n1Cc1ccco1. The van der Waals surface area contributed by atoms with Crippen LogP contribution in [0.1, 0.15) is 17.2 Å². The first kappa shape index (κ1) is 22.0. The Bertz CT molecular complexity index is 1490. The molecule has 0 aliphatic rings. The van der Waals surface area contributed by atoms with E-state index >= 15 is 0 Å². The van der Waals surface area contributed by atoms with Crippen LogP contribution in [0.15, 0.2) is 85.8 Å². The van der Waals surface area contributed by atoms with Gasteiger partial charge in [-0.25, -0.2) is 4.98 Å². The maximum absolute atomic E-state index is 13.1. The average Bonchev–Trinajstić information content (AvgIpc) is 3.52. The number of furan rings is 1. The van der Waals surface area contributed by atoms with Crippen LogP contribution in [0.5, 0.6) is 0 Å². The predicted octanol–water partition coefficient (Wildman–Crippen LogP) is 5.40. The van der Waals surface area contributed by atoms with Crippen LogP contribution in [-0.2, 0) is 18.5 Å². The van der Waals surface area contributed by atoms with E-state index < -0.39 is 11.7 Å². The molecule has 0 radical (unpaired) electrons. The number of nitrogens with zero attached hydrogens (tertiary/aromatic N) is 4. The zero-order chi connectivity index (χ0) is 23.7. The summed E-state index contributed by atoms with van der Waals surface area (Å²) in [5.41, 5.74) is -0.0128. The van der Waals surface area contributed by atoms with E-state index in [1.807, 2.05) is 0 Å². The van der Waals surface area contributed by atoms with Gasteiger partial charge in [-0.2, -0.15) is 18.2 Å². The van der Waals surface area contributed by atoms with E-state index in [0.29, 0.717) is 27.4 Å². The lowest BCUT2D eigenvalue weighted by Gasteiger charge is -2.11. The van der Waals surface area contributed by atoms with Gasteiger partial charge >= 0.3 is 6.18 Å². The molecule has 2 aromatic carbocycles. The zero-order valence-electron chi connectivity index (χ0n) is 17.3. The third-order valence-corrected chi connectivity index (χ3v) is 5.95. The molecule has 5 rings (SSSR count). The van der Waals surface area contributed by atoms with Crippen molar-refractivity contribution in [2.45, 2.75) is 23.6 Å². The highest BCUT2D eigenvalue weighted by Crippen LogP contribution is 2.31. The maximum atomic E-state index is 13.1. The number of hydrogen-bond acceptors (Lipinski definition) is 7. The lowest BCUT2D eigenvalue weighted by atomic mass is 10.1. The van der Waals surface area contributed by atoms with Crippen molar-refractivity contribution in [2.24, 2.45) is 0 Å². The van der Waals surface area contributed by atoms with Crippen LogP contribution in [-0.4, -0.2) is 19.7 Å². The van der Waals surface area contributed by atoms with E-state index in [2.05, 4.69) is 15.1 Å². The van der Waals surface area contributed by atoms with Crippen LogP contribution in [0.2, 0.25) is 0 Å². The Morgan fingerprint density at radius 3 is 2.50 bits per heavy atom. The van der Waals surface area contributed by atoms with Crippen molar-refractivity contribution >= 4 is 22.7 Å². The van der Waals surface area contributed by atoms with Gasteiger partial charge in [0.15, 0.2) is 5.16 Å². The highest BCUT2D eigenvalue weighted by Gasteiger charge is 2.30. The van der Waals surface area contributed by atoms with E-state index in [1.165, 1.54) is 34.7 Å². The minimum absolute atomic E-state index is 0.170. The number of thioether (sulfide) groups is 1. The predicted molar refractivity (Wildman–Crippen MR) is 118 cm³/mol. The first-order valence-electron chi connectivity index (χ1n) is 10.0. The second-order valence-electron chi connectivity index (χ2n) is 7.26. The van der Waals surface area contributed by atoms with Crippen LogP contribution in [0.3, 0.4) is 0 Å². The van der Waals surface area contributed by atoms with Gasteiger partial charge in [0, 0.05) is 5.56 Å². The average molecular weight is 484 g/mol. The van der Waals surface area contributed by atoms with E-state index in [-0.39, 0.29) is 29.6 Å². The van der Waals surface area contributed by atoms with E-state index in [4.69, 9.17) is 8.94 Å². The number of rotatable bonds is 6. The van der Waals surface area contributed by atoms with Crippen LogP contribution in [0, 0.1) is 0 Å². The first-order valence-corrected chi connectivity index (χ1v) is 11.0. The molecule has 3 aromatic heterocycles. The Labute approximate surface area is 194 Å². The summed E-state index contributed by atoms with van der Waals surface area (Å²) in [5.74, 6) is 1.22. The fraction of sp³-hybridized carbons (Fsp3) is 0.130. The third-order valence-electron chi connectivity index (χ3n) is 4.98. The van der Waals surface area contributed by atoms with Gasteiger partial charge in [0.1, 0.15) is 5.76 Å².